The Hall–Kier alpha value is -2.27. The molecule has 0 aromatic rings. The Morgan fingerprint density at radius 3 is 2.44 bits per heavy atom. The van der Waals surface area contributed by atoms with Gasteiger partial charge in [-0.05, 0) is 62.8 Å². The van der Waals surface area contributed by atoms with Gasteiger partial charge in [-0.3, -0.25) is 4.79 Å². The molecule has 356 valence electrons. The van der Waals surface area contributed by atoms with E-state index in [2.05, 4.69) is 59.8 Å². The molecule has 0 saturated carbocycles. The van der Waals surface area contributed by atoms with Crippen LogP contribution >= 0.6 is 0 Å². The predicted octanol–water partition coefficient (Wildman–Crippen LogP) is 7.29. The van der Waals surface area contributed by atoms with Crippen LogP contribution in [0, 0.1) is 29.1 Å². The van der Waals surface area contributed by atoms with Crippen LogP contribution in [-0.2, 0) is 52.2 Å². The molecule has 1 spiro atoms. The maximum Gasteiger partial charge on any atom is 0.314 e. The zero-order valence-corrected chi connectivity index (χ0v) is 39.9. The van der Waals surface area contributed by atoms with Crippen LogP contribution in [0.25, 0.3) is 0 Å². The van der Waals surface area contributed by atoms with E-state index < -0.39 is 72.4 Å². The minimum absolute atomic E-state index is 0.0151. The normalized spacial score (nSPS) is 43.2. The predicted molar refractivity (Wildman–Crippen MR) is 237 cm³/mol. The van der Waals surface area contributed by atoms with Gasteiger partial charge < -0.3 is 57.6 Å². The van der Waals surface area contributed by atoms with Gasteiger partial charge in [0, 0.05) is 57.2 Å². The molecule has 0 amide bonds. The van der Waals surface area contributed by atoms with Gasteiger partial charge in [0.2, 0.25) is 0 Å². The molecule has 13 nitrogen and oxygen atoms in total. The van der Waals surface area contributed by atoms with Crippen molar-refractivity contribution in [3.63, 3.8) is 0 Å². The zero-order valence-electron chi connectivity index (χ0n) is 39.9. The molecular formula is C50H78O13. The summed E-state index contributed by atoms with van der Waals surface area (Å²) in [6.07, 6.45) is 12.1. The fourth-order valence-corrected chi connectivity index (χ4v) is 10.5. The highest BCUT2D eigenvalue weighted by Gasteiger charge is 2.58. The monoisotopic (exact) mass is 887 g/mol. The summed E-state index contributed by atoms with van der Waals surface area (Å²) in [7, 11) is 3.25. The second kappa shape index (κ2) is 21.6. The molecule has 4 saturated heterocycles. The van der Waals surface area contributed by atoms with Crippen LogP contribution in [0.5, 0.6) is 0 Å². The SMILES string of the molecule is CC/C=C(\C)[C@@H](OC1C[C@H](OC)[C@@H](OC2C[C@H](OC)[C@@H](O)[C@H](C)O2)[C@H](C)O1)[C@@H](C)/C=C/C=C1\CO[C@H]2[C@H](O)C(C)=CC(C(=O)O[C@H]3CCO[C@@]4(C=C[C@H](C)[C@@H]([C@@H](C)CC)O4)C3)[C@@]12C. The number of hydrogen-bond donors (Lipinski definition) is 2. The molecule has 13 heteroatoms. The summed E-state index contributed by atoms with van der Waals surface area (Å²) in [6.45, 7) is 21.1. The minimum atomic E-state index is -0.923. The van der Waals surface area contributed by atoms with Crippen molar-refractivity contribution in [1.29, 1.82) is 0 Å². The third kappa shape index (κ3) is 11.0. The number of carbonyl (C=O) groups is 1. The second-order valence-corrected chi connectivity index (χ2v) is 19.2. The van der Waals surface area contributed by atoms with E-state index in [-0.39, 0.29) is 48.8 Å². The lowest BCUT2D eigenvalue weighted by molar-refractivity contribution is -0.318. The van der Waals surface area contributed by atoms with Gasteiger partial charge in [-0.15, -0.1) is 0 Å². The van der Waals surface area contributed by atoms with E-state index in [0.717, 1.165) is 24.0 Å². The van der Waals surface area contributed by atoms with Crippen LogP contribution in [-0.4, -0.2) is 129 Å². The number of allylic oxidation sites excluding steroid dienone is 3. The van der Waals surface area contributed by atoms with E-state index in [0.29, 0.717) is 43.8 Å². The molecule has 6 rings (SSSR count). The van der Waals surface area contributed by atoms with Crippen LogP contribution in [0.3, 0.4) is 0 Å². The lowest BCUT2D eigenvalue weighted by Gasteiger charge is -2.46. The van der Waals surface area contributed by atoms with Gasteiger partial charge in [0.25, 0.3) is 0 Å². The number of esters is 1. The van der Waals surface area contributed by atoms with Crippen molar-refractivity contribution in [2.75, 3.05) is 27.4 Å². The van der Waals surface area contributed by atoms with Crippen LogP contribution in [0.1, 0.15) is 108 Å². The molecular weight excluding hydrogens is 809 g/mol. The van der Waals surface area contributed by atoms with Crippen LogP contribution in [0.4, 0.5) is 0 Å². The van der Waals surface area contributed by atoms with E-state index in [1.54, 1.807) is 14.2 Å². The molecule has 0 aromatic carbocycles. The smallest absolute Gasteiger partial charge is 0.314 e. The summed E-state index contributed by atoms with van der Waals surface area (Å²) in [4.78, 5) is 14.4. The summed E-state index contributed by atoms with van der Waals surface area (Å²) in [5.74, 6) is -1.38. The molecule has 4 fully saturated rings. The van der Waals surface area contributed by atoms with Gasteiger partial charge in [-0.1, -0.05) is 84.4 Å². The molecule has 3 unspecified atom stereocenters. The highest BCUT2D eigenvalue weighted by Crippen LogP contribution is 2.52. The van der Waals surface area contributed by atoms with Gasteiger partial charge in [0.15, 0.2) is 18.4 Å². The third-order valence-electron chi connectivity index (χ3n) is 14.7. The van der Waals surface area contributed by atoms with Crippen molar-refractivity contribution in [2.24, 2.45) is 29.1 Å². The van der Waals surface area contributed by atoms with Crippen molar-refractivity contribution in [3.8, 4) is 0 Å². The first-order valence-corrected chi connectivity index (χ1v) is 23.6. The minimum Gasteiger partial charge on any atom is -0.462 e. The number of fused-ring (bicyclic) bond motifs is 1. The molecule has 2 N–H and O–H groups in total. The summed E-state index contributed by atoms with van der Waals surface area (Å²) in [6, 6.07) is 0. The fourth-order valence-electron chi connectivity index (χ4n) is 10.5. The third-order valence-corrected chi connectivity index (χ3v) is 14.7. The van der Waals surface area contributed by atoms with Crippen molar-refractivity contribution < 1.29 is 62.4 Å². The molecule has 5 aliphatic heterocycles. The van der Waals surface area contributed by atoms with Crippen LogP contribution in [0.2, 0.25) is 0 Å². The van der Waals surface area contributed by atoms with Gasteiger partial charge in [0.1, 0.15) is 24.4 Å². The zero-order chi connectivity index (χ0) is 45.8. The summed E-state index contributed by atoms with van der Waals surface area (Å²) >= 11 is 0. The van der Waals surface area contributed by atoms with Crippen molar-refractivity contribution >= 4 is 5.97 Å². The largest absolute Gasteiger partial charge is 0.462 e. The van der Waals surface area contributed by atoms with Crippen molar-refractivity contribution in [3.05, 3.63) is 59.3 Å². The van der Waals surface area contributed by atoms with E-state index >= 15 is 0 Å². The Labute approximate surface area is 376 Å². The number of hydrogen-bond acceptors (Lipinski definition) is 13. The molecule has 0 radical (unpaired) electrons. The summed E-state index contributed by atoms with van der Waals surface area (Å²) in [5, 5.41) is 21.8. The number of aliphatic hydroxyl groups is 2. The highest BCUT2D eigenvalue weighted by molar-refractivity contribution is 5.77. The Balaban J connectivity index is 1.14. The first-order valence-electron chi connectivity index (χ1n) is 23.6. The average Bonchev–Trinajstić information content (AvgIpc) is 3.60. The topological polar surface area (TPSA) is 150 Å². The summed E-state index contributed by atoms with van der Waals surface area (Å²) < 4.78 is 62.7. The quantitative estimate of drug-likeness (QED) is 0.125. The van der Waals surface area contributed by atoms with Gasteiger partial charge >= 0.3 is 5.97 Å². The van der Waals surface area contributed by atoms with Gasteiger partial charge in [0.05, 0.1) is 61.9 Å². The molecule has 63 heavy (non-hydrogen) atoms. The lowest BCUT2D eigenvalue weighted by Crippen LogP contribution is -2.55. The van der Waals surface area contributed by atoms with Crippen molar-refractivity contribution in [2.45, 2.75) is 193 Å². The first kappa shape index (κ1) is 50.1. The average molecular weight is 887 g/mol. The number of rotatable bonds is 15. The Morgan fingerprint density at radius 1 is 1.03 bits per heavy atom. The first-order chi connectivity index (χ1) is 30.0. The number of carbonyl (C=O) groups excluding carboxylic acids is 1. The Morgan fingerprint density at radius 2 is 1.75 bits per heavy atom. The van der Waals surface area contributed by atoms with Crippen molar-refractivity contribution in [1.82, 2.24) is 0 Å². The Bertz CT molecular complexity index is 1690. The number of methoxy groups -OCH3 is 2. The molecule has 5 heterocycles. The van der Waals surface area contributed by atoms with Gasteiger partial charge in [-0.25, -0.2) is 0 Å². The highest BCUT2D eigenvalue weighted by atomic mass is 16.7. The standard InChI is InChI=1S/C50H78O13/c1-13-16-29(4)44(61-41-25-39(55-12)46(34(9)59-41)62-40-24-38(54-11)43(52)33(8)58-40)30(5)17-15-18-35-27-56-47-42(51)32(7)23-37(49(35,47)10)48(53)60-36-20-22-57-50(26-36)21-19-31(6)45(63-50)28(3)14-2/h15-19,21,23,28,30-31,33-34,36-47,51-52H,13-14,20,22,24-27H2,1-12H3/b17-15+,29-16+,35-18+/t28-,30-,31-,33-,34-,36-,37?,38-,39-,40?,41?,42+,43-,44+,45+,46-,47-,49+,50+/m0/s1. The molecule has 0 aromatic heterocycles. The Kier molecular flexibility index (Phi) is 17.2. The second-order valence-electron chi connectivity index (χ2n) is 19.2. The van der Waals surface area contributed by atoms with E-state index in [1.165, 1.54) is 0 Å². The van der Waals surface area contributed by atoms with E-state index in [4.69, 9.17) is 47.4 Å². The number of aliphatic hydroxyl groups excluding tert-OH is 2. The van der Waals surface area contributed by atoms with E-state index in [9.17, 15) is 15.0 Å². The van der Waals surface area contributed by atoms with E-state index in [1.807, 2.05) is 52.0 Å². The lowest BCUT2D eigenvalue weighted by atomic mass is 9.63. The maximum atomic E-state index is 14.4. The molecule has 1 aliphatic carbocycles. The van der Waals surface area contributed by atoms with Crippen LogP contribution < -0.4 is 0 Å². The maximum absolute atomic E-state index is 14.4. The van der Waals surface area contributed by atoms with Crippen LogP contribution in [0.15, 0.2) is 59.3 Å². The molecule has 19 atom stereocenters. The molecule has 0 bridgehead atoms. The van der Waals surface area contributed by atoms with Gasteiger partial charge in [-0.2, -0.15) is 0 Å². The molecule has 6 aliphatic rings. The number of ether oxygens (including phenoxy) is 10. The summed E-state index contributed by atoms with van der Waals surface area (Å²) in [5.41, 5.74) is 1.85. The fraction of sp³-hybridized carbons (Fsp3) is 0.780.